The molecule has 0 aliphatic heterocycles. The van der Waals surface area contributed by atoms with Crippen LogP contribution in [0.2, 0.25) is 15.1 Å². The summed E-state index contributed by atoms with van der Waals surface area (Å²) in [5, 5.41) is 8.24. The minimum absolute atomic E-state index is 0.112. The van der Waals surface area contributed by atoms with Crippen LogP contribution in [-0.4, -0.2) is 28.7 Å². The Morgan fingerprint density at radius 3 is 2.54 bits per heavy atom. The van der Waals surface area contributed by atoms with Crippen LogP contribution in [0.25, 0.3) is 10.9 Å². The molecule has 180 valence electrons. The van der Waals surface area contributed by atoms with Crippen molar-refractivity contribution in [3.05, 3.63) is 93.1 Å². The highest BCUT2D eigenvalue weighted by atomic mass is 35.5. The number of amides is 2. The molecule has 0 saturated heterocycles. The van der Waals surface area contributed by atoms with Crippen molar-refractivity contribution in [2.24, 2.45) is 0 Å². The number of anilines is 1. The van der Waals surface area contributed by atoms with Crippen LogP contribution in [-0.2, 0) is 11.3 Å². The van der Waals surface area contributed by atoms with Crippen LogP contribution in [0, 0.1) is 6.92 Å². The van der Waals surface area contributed by atoms with Gasteiger partial charge in [0.2, 0.25) is 5.91 Å². The highest BCUT2D eigenvalue weighted by molar-refractivity contribution is 8.00. The molecule has 0 bridgehead atoms. The predicted molar refractivity (Wildman–Crippen MR) is 146 cm³/mol. The predicted octanol–water partition coefficient (Wildman–Crippen LogP) is 7.07. The first-order valence-corrected chi connectivity index (χ1v) is 12.9. The van der Waals surface area contributed by atoms with Crippen molar-refractivity contribution in [3.63, 3.8) is 0 Å². The number of hydrogen-bond acceptors (Lipinski definition) is 3. The Hall–Kier alpha value is -2.64. The lowest BCUT2D eigenvalue weighted by molar-refractivity contribution is -0.113. The van der Waals surface area contributed by atoms with E-state index < -0.39 is 0 Å². The van der Waals surface area contributed by atoms with Crippen LogP contribution in [0.3, 0.4) is 0 Å². The third-order valence-electron chi connectivity index (χ3n) is 5.38. The summed E-state index contributed by atoms with van der Waals surface area (Å²) in [4.78, 5) is 26.0. The lowest BCUT2D eigenvalue weighted by Gasteiger charge is -2.09. The van der Waals surface area contributed by atoms with Gasteiger partial charge in [0.25, 0.3) is 5.91 Å². The number of hydrogen-bond donors (Lipinski definition) is 2. The van der Waals surface area contributed by atoms with Gasteiger partial charge in [-0.05, 0) is 48.9 Å². The van der Waals surface area contributed by atoms with E-state index in [1.165, 1.54) is 11.8 Å². The normalized spacial score (nSPS) is 11.0. The van der Waals surface area contributed by atoms with Gasteiger partial charge in [-0.2, -0.15) is 0 Å². The van der Waals surface area contributed by atoms with E-state index in [0.29, 0.717) is 39.4 Å². The molecule has 0 saturated carbocycles. The van der Waals surface area contributed by atoms with Gasteiger partial charge in [0, 0.05) is 50.8 Å². The van der Waals surface area contributed by atoms with Crippen LogP contribution in [0.4, 0.5) is 5.69 Å². The van der Waals surface area contributed by atoms with Crippen LogP contribution >= 0.6 is 46.6 Å². The molecule has 5 nitrogen and oxygen atoms in total. The molecule has 0 radical (unpaired) electrons. The van der Waals surface area contributed by atoms with Crippen molar-refractivity contribution < 1.29 is 9.59 Å². The minimum atomic E-state index is -0.259. The summed E-state index contributed by atoms with van der Waals surface area (Å²) in [6.45, 7) is 2.89. The fourth-order valence-corrected chi connectivity index (χ4v) is 5.15. The molecule has 0 aliphatic carbocycles. The molecular formula is C26H22Cl3N3O2S. The van der Waals surface area contributed by atoms with Gasteiger partial charge < -0.3 is 15.2 Å². The van der Waals surface area contributed by atoms with Crippen LogP contribution in [0.15, 0.2) is 71.8 Å². The van der Waals surface area contributed by atoms with E-state index in [-0.39, 0.29) is 17.6 Å². The molecule has 0 aliphatic rings. The minimum Gasteiger partial charge on any atom is -0.350 e. The van der Waals surface area contributed by atoms with Crippen molar-refractivity contribution in [2.45, 2.75) is 18.4 Å². The third-order valence-corrected chi connectivity index (χ3v) is 7.38. The van der Waals surface area contributed by atoms with E-state index in [4.69, 9.17) is 34.8 Å². The highest BCUT2D eigenvalue weighted by Gasteiger charge is 2.13. The second-order valence-corrected chi connectivity index (χ2v) is 10.2. The van der Waals surface area contributed by atoms with Gasteiger partial charge >= 0.3 is 0 Å². The monoisotopic (exact) mass is 545 g/mol. The molecule has 4 aromatic rings. The Bertz CT molecular complexity index is 1400. The third kappa shape index (κ3) is 6.33. The zero-order valence-corrected chi connectivity index (χ0v) is 21.9. The first kappa shape index (κ1) is 25.5. The Kier molecular flexibility index (Phi) is 8.29. The fourth-order valence-electron chi connectivity index (χ4n) is 3.58. The number of nitrogens with one attached hydrogen (secondary N) is 2. The summed E-state index contributed by atoms with van der Waals surface area (Å²) >= 11 is 19.7. The van der Waals surface area contributed by atoms with Crippen molar-refractivity contribution >= 4 is 75.0 Å². The van der Waals surface area contributed by atoms with Gasteiger partial charge in [0.05, 0.1) is 16.3 Å². The van der Waals surface area contributed by atoms with Crippen LogP contribution < -0.4 is 10.6 Å². The summed E-state index contributed by atoms with van der Waals surface area (Å²) in [5.74, 6) is -0.116. The molecule has 1 aromatic heterocycles. The molecule has 0 atom stereocenters. The maximum atomic E-state index is 12.5. The number of aromatic nitrogens is 1. The standard InChI is InChI=1S/C26H22Cl3N3O2S/c1-16-6-8-18(13-21(16)28)31-25(33)15-35-24-14-32(23-5-3-2-4-20(23)24)11-10-30-26(34)19-9-7-17(27)12-22(19)29/h2-9,12-14H,10-11,15H2,1H3,(H,30,34)(H,31,33). The Labute approximate surface area is 222 Å². The molecule has 0 spiro atoms. The molecule has 0 unspecified atom stereocenters. The number of halogens is 3. The quantitative estimate of drug-likeness (QED) is 0.232. The number of fused-ring (bicyclic) bond motifs is 1. The molecular weight excluding hydrogens is 525 g/mol. The van der Waals surface area contributed by atoms with E-state index in [1.54, 1.807) is 24.3 Å². The van der Waals surface area contributed by atoms with Gasteiger partial charge in [0.1, 0.15) is 0 Å². The summed E-state index contributed by atoms with van der Waals surface area (Å²) in [7, 11) is 0. The average molecular weight is 547 g/mol. The van der Waals surface area contributed by atoms with Gasteiger partial charge in [-0.25, -0.2) is 0 Å². The molecule has 35 heavy (non-hydrogen) atoms. The van der Waals surface area contributed by atoms with Crippen LogP contribution in [0.5, 0.6) is 0 Å². The lowest BCUT2D eigenvalue weighted by Crippen LogP contribution is -2.27. The molecule has 0 fully saturated rings. The highest BCUT2D eigenvalue weighted by Crippen LogP contribution is 2.30. The summed E-state index contributed by atoms with van der Waals surface area (Å²) in [6.07, 6.45) is 2.01. The SMILES string of the molecule is Cc1ccc(NC(=O)CSc2cn(CCNC(=O)c3ccc(Cl)cc3Cl)c3ccccc23)cc1Cl. The van der Waals surface area contributed by atoms with Crippen molar-refractivity contribution in [1.82, 2.24) is 9.88 Å². The van der Waals surface area contributed by atoms with Crippen LogP contribution in [0.1, 0.15) is 15.9 Å². The number of aryl methyl sites for hydroxylation is 1. The van der Waals surface area contributed by atoms with E-state index in [1.807, 2.05) is 49.5 Å². The molecule has 2 amide bonds. The molecule has 2 N–H and O–H groups in total. The zero-order chi connectivity index (χ0) is 24.9. The van der Waals surface area contributed by atoms with E-state index in [0.717, 1.165) is 21.4 Å². The van der Waals surface area contributed by atoms with Crippen molar-refractivity contribution in [3.8, 4) is 0 Å². The Balaban J connectivity index is 1.39. The van der Waals surface area contributed by atoms with Gasteiger partial charge in [0.15, 0.2) is 0 Å². The van der Waals surface area contributed by atoms with E-state index in [9.17, 15) is 9.59 Å². The first-order valence-electron chi connectivity index (χ1n) is 10.8. The molecule has 3 aromatic carbocycles. The smallest absolute Gasteiger partial charge is 0.252 e. The summed E-state index contributed by atoms with van der Waals surface area (Å²) in [5.41, 5.74) is 3.04. The maximum Gasteiger partial charge on any atom is 0.252 e. The number of para-hydroxylation sites is 1. The van der Waals surface area contributed by atoms with Gasteiger partial charge in [-0.1, -0.05) is 59.1 Å². The second kappa shape index (κ2) is 11.4. The first-order chi connectivity index (χ1) is 16.8. The van der Waals surface area contributed by atoms with E-state index >= 15 is 0 Å². The maximum absolute atomic E-state index is 12.5. The summed E-state index contributed by atoms with van der Waals surface area (Å²) in [6, 6.07) is 18.2. The number of carbonyl (C=O) groups excluding carboxylic acids is 2. The van der Waals surface area contributed by atoms with Crippen molar-refractivity contribution in [1.29, 1.82) is 0 Å². The number of carbonyl (C=O) groups is 2. The average Bonchev–Trinajstić information content (AvgIpc) is 3.18. The largest absolute Gasteiger partial charge is 0.350 e. The lowest BCUT2D eigenvalue weighted by atomic mass is 10.2. The van der Waals surface area contributed by atoms with Gasteiger partial charge in [-0.15, -0.1) is 11.8 Å². The number of nitrogens with zero attached hydrogens (tertiary/aromatic N) is 1. The van der Waals surface area contributed by atoms with Crippen molar-refractivity contribution in [2.75, 3.05) is 17.6 Å². The van der Waals surface area contributed by atoms with Gasteiger partial charge in [-0.3, -0.25) is 9.59 Å². The Morgan fingerprint density at radius 2 is 1.77 bits per heavy atom. The topological polar surface area (TPSA) is 63.1 Å². The molecule has 4 rings (SSSR count). The second-order valence-electron chi connectivity index (χ2n) is 7.88. The fraction of sp³-hybridized carbons (Fsp3) is 0.154. The molecule has 9 heteroatoms. The number of rotatable bonds is 8. The number of benzene rings is 3. The molecule has 1 heterocycles. The summed E-state index contributed by atoms with van der Waals surface area (Å²) < 4.78 is 2.07. The zero-order valence-electron chi connectivity index (χ0n) is 18.8. The number of thioether (sulfide) groups is 1. The Morgan fingerprint density at radius 1 is 0.971 bits per heavy atom. The van der Waals surface area contributed by atoms with E-state index in [2.05, 4.69) is 15.2 Å².